The molecule has 3 aromatic rings. The van der Waals surface area contributed by atoms with Gasteiger partial charge in [0.25, 0.3) is 0 Å². The molecule has 35 heavy (non-hydrogen) atoms. The largest absolute Gasteiger partial charge is 0.460 e. The Hall–Kier alpha value is -2.80. The molecular formula is C26H29N4O3PS. The van der Waals surface area contributed by atoms with Crippen LogP contribution in [-0.4, -0.2) is 46.0 Å². The van der Waals surface area contributed by atoms with E-state index in [1.54, 1.807) is 12.1 Å². The van der Waals surface area contributed by atoms with Gasteiger partial charge in [-0.3, -0.25) is 0 Å². The molecule has 3 heterocycles. The standard InChI is InChI=1S/C26H29N4O3PS/c1-20-23-24(30(28-20)18-19-32-26(31)22-14-8-5-9-15-22)27-25(21-12-6-4-7-13-21)33-34(23,35)29-16-10-2-3-11-17-29/h4-9,12-15H,2-3,10-11,16-19H2,1H3. The molecule has 1 atom stereocenters. The predicted molar refractivity (Wildman–Crippen MR) is 141 cm³/mol. The summed E-state index contributed by atoms with van der Waals surface area (Å²) >= 11 is 6.38. The van der Waals surface area contributed by atoms with Gasteiger partial charge in [0, 0.05) is 18.7 Å². The molecule has 0 amide bonds. The Kier molecular flexibility index (Phi) is 7.14. The maximum Gasteiger partial charge on any atom is 0.338 e. The predicted octanol–water partition coefficient (Wildman–Crippen LogP) is 4.97. The first-order valence-corrected chi connectivity index (χ1v) is 14.7. The Morgan fingerprint density at radius 3 is 2.37 bits per heavy atom. The summed E-state index contributed by atoms with van der Waals surface area (Å²) in [7, 11) is 0. The first kappa shape index (κ1) is 23.9. The van der Waals surface area contributed by atoms with Crippen LogP contribution in [0, 0.1) is 6.92 Å². The van der Waals surface area contributed by atoms with Crippen molar-refractivity contribution >= 4 is 41.2 Å². The highest BCUT2D eigenvalue weighted by atomic mass is 32.4. The number of carbonyl (C=O) groups excluding carboxylic acids is 1. The van der Waals surface area contributed by atoms with E-state index >= 15 is 0 Å². The minimum absolute atomic E-state index is 0.185. The minimum Gasteiger partial charge on any atom is -0.460 e. The van der Waals surface area contributed by atoms with Gasteiger partial charge < -0.3 is 9.26 Å². The Labute approximate surface area is 210 Å². The smallest absolute Gasteiger partial charge is 0.338 e. The second-order valence-corrected chi connectivity index (χ2v) is 12.5. The van der Waals surface area contributed by atoms with Crippen LogP contribution in [0.15, 0.2) is 65.7 Å². The fourth-order valence-electron chi connectivity index (χ4n) is 4.53. The molecule has 1 unspecified atom stereocenters. The van der Waals surface area contributed by atoms with Crippen LogP contribution in [0.25, 0.3) is 0 Å². The van der Waals surface area contributed by atoms with Crippen LogP contribution in [0.3, 0.4) is 0 Å². The van der Waals surface area contributed by atoms with Gasteiger partial charge in [-0.1, -0.05) is 49.2 Å². The maximum absolute atomic E-state index is 12.4. The minimum atomic E-state index is -2.60. The number of hydrogen-bond donors (Lipinski definition) is 0. The molecule has 1 fully saturated rings. The van der Waals surface area contributed by atoms with E-state index in [0.29, 0.717) is 18.0 Å². The third kappa shape index (κ3) is 4.96. The van der Waals surface area contributed by atoms with Gasteiger partial charge in [0.05, 0.1) is 17.8 Å². The summed E-state index contributed by atoms with van der Waals surface area (Å²) in [5.41, 5.74) is 2.25. The molecule has 2 aromatic carbocycles. The lowest BCUT2D eigenvalue weighted by molar-refractivity contribution is 0.0488. The number of aromatic nitrogens is 2. The highest BCUT2D eigenvalue weighted by Gasteiger charge is 2.41. The fourth-order valence-corrected chi connectivity index (χ4v) is 8.43. The molecular weight excluding hydrogens is 479 g/mol. The lowest BCUT2D eigenvalue weighted by Gasteiger charge is -2.36. The van der Waals surface area contributed by atoms with Gasteiger partial charge in [0.2, 0.25) is 12.3 Å². The zero-order chi connectivity index (χ0) is 24.3. The summed E-state index contributed by atoms with van der Waals surface area (Å²) in [5, 5.41) is 5.70. The van der Waals surface area contributed by atoms with Gasteiger partial charge in [-0.05, 0) is 55.8 Å². The van der Waals surface area contributed by atoms with Crippen LogP contribution < -0.4 is 5.30 Å². The van der Waals surface area contributed by atoms with Crippen molar-refractivity contribution in [1.82, 2.24) is 14.5 Å². The highest BCUT2D eigenvalue weighted by Crippen LogP contribution is 2.56. The topological polar surface area (TPSA) is 69.0 Å². The molecule has 0 saturated carbocycles. The van der Waals surface area contributed by atoms with Crippen molar-refractivity contribution in [1.29, 1.82) is 0 Å². The van der Waals surface area contributed by atoms with Crippen LogP contribution in [0.1, 0.15) is 47.3 Å². The molecule has 9 heteroatoms. The Balaban J connectivity index is 1.47. The van der Waals surface area contributed by atoms with E-state index in [-0.39, 0.29) is 12.6 Å². The van der Waals surface area contributed by atoms with Crippen molar-refractivity contribution in [2.45, 2.75) is 39.2 Å². The number of rotatable bonds is 6. The van der Waals surface area contributed by atoms with Crippen molar-refractivity contribution in [3.8, 4) is 0 Å². The summed E-state index contributed by atoms with van der Waals surface area (Å²) in [6.45, 7) is 4.37. The molecule has 7 nitrogen and oxygen atoms in total. The Morgan fingerprint density at radius 1 is 1.03 bits per heavy atom. The van der Waals surface area contributed by atoms with Gasteiger partial charge >= 0.3 is 5.97 Å². The molecule has 2 aliphatic rings. The number of nitrogens with zero attached hydrogens (tertiary/aromatic N) is 4. The van der Waals surface area contributed by atoms with Gasteiger partial charge in [-0.15, -0.1) is 0 Å². The summed E-state index contributed by atoms with van der Waals surface area (Å²) in [4.78, 5) is 17.3. The van der Waals surface area contributed by atoms with Gasteiger partial charge in [0.15, 0.2) is 5.82 Å². The van der Waals surface area contributed by atoms with E-state index in [2.05, 4.69) is 4.67 Å². The number of ether oxygens (including phenoxy) is 1. The maximum atomic E-state index is 12.4. The van der Waals surface area contributed by atoms with Crippen molar-refractivity contribution in [2.75, 3.05) is 19.7 Å². The van der Waals surface area contributed by atoms with E-state index in [0.717, 1.165) is 48.3 Å². The monoisotopic (exact) mass is 508 g/mol. The van der Waals surface area contributed by atoms with E-state index in [1.165, 1.54) is 12.8 Å². The van der Waals surface area contributed by atoms with Crippen molar-refractivity contribution in [3.63, 3.8) is 0 Å². The fraction of sp³-hybridized carbons (Fsp3) is 0.346. The number of aliphatic imine (C=N–C) groups is 1. The number of fused-ring (bicyclic) bond motifs is 1. The highest BCUT2D eigenvalue weighted by molar-refractivity contribution is 8.15. The van der Waals surface area contributed by atoms with Crippen LogP contribution >= 0.6 is 6.42 Å². The third-order valence-electron chi connectivity index (χ3n) is 6.29. The number of aryl methyl sites for hydroxylation is 1. The molecule has 0 N–H and O–H groups in total. The number of esters is 1. The van der Waals surface area contributed by atoms with E-state index in [1.807, 2.05) is 60.1 Å². The third-order valence-corrected chi connectivity index (χ3v) is 10.4. The SMILES string of the molecule is Cc1nn(CCOC(=O)c2ccccc2)c2c1P(=S)(N1CCCCCC1)OC(c1ccccc1)=N2. The van der Waals surface area contributed by atoms with Crippen LogP contribution in [0.2, 0.25) is 0 Å². The first-order chi connectivity index (χ1) is 17.1. The van der Waals surface area contributed by atoms with Gasteiger partial charge in [-0.25, -0.2) is 14.1 Å². The quantitative estimate of drug-likeness (QED) is 0.346. The lowest BCUT2D eigenvalue weighted by Crippen LogP contribution is -2.32. The molecule has 5 rings (SSSR count). The van der Waals surface area contributed by atoms with Gasteiger partial charge in [0.1, 0.15) is 11.9 Å². The van der Waals surface area contributed by atoms with Crippen molar-refractivity contribution in [2.24, 2.45) is 4.99 Å². The molecule has 0 radical (unpaired) electrons. The molecule has 1 aromatic heterocycles. The Morgan fingerprint density at radius 2 is 1.69 bits per heavy atom. The average Bonchev–Trinajstić information content (AvgIpc) is 3.05. The van der Waals surface area contributed by atoms with Crippen molar-refractivity contribution in [3.05, 3.63) is 77.5 Å². The lowest BCUT2D eigenvalue weighted by atomic mass is 10.2. The second kappa shape index (κ2) is 10.4. The first-order valence-electron chi connectivity index (χ1n) is 12.1. The van der Waals surface area contributed by atoms with Crippen LogP contribution in [0.5, 0.6) is 0 Å². The number of hydrogen-bond acceptors (Lipinski definition) is 6. The zero-order valence-electron chi connectivity index (χ0n) is 19.8. The molecule has 1 saturated heterocycles. The van der Waals surface area contributed by atoms with E-state index < -0.39 is 6.42 Å². The normalized spacial score (nSPS) is 20.3. The molecule has 0 aliphatic carbocycles. The molecule has 0 bridgehead atoms. The molecule has 182 valence electrons. The second-order valence-electron chi connectivity index (χ2n) is 8.75. The van der Waals surface area contributed by atoms with E-state index in [9.17, 15) is 4.79 Å². The summed E-state index contributed by atoms with van der Waals surface area (Å²) in [5.74, 6) is 0.902. The zero-order valence-corrected chi connectivity index (χ0v) is 21.5. The molecule has 2 aliphatic heterocycles. The van der Waals surface area contributed by atoms with Gasteiger partial charge in [-0.2, -0.15) is 10.1 Å². The summed E-state index contributed by atoms with van der Waals surface area (Å²) in [6.07, 6.45) is 2.04. The summed E-state index contributed by atoms with van der Waals surface area (Å²) < 4.78 is 16.3. The van der Waals surface area contributed by atoms with Crippen LogP contribution in [-0.2, 0) is 27.6 Å². The van der Waals surface area contributed by atoms with Crippen LogP contribution in [0.4, 0.5) is 5.82 Å². The average molecular weight is 509 g/mol. The number of benzene rings is 2. The summed E-state index contributed by atoms with van der Waals surface area (Å²) in [6, 6.07) is 18.9. The number of carbonyl (C=O) groups is 1. The Bertz CT molecular complexity index is 1270. The van der Waals surface area contributed by atoms with E-state index in [4.69, 9.17) is 31.2 Å². The van der Waals surface area contributed by atoms with Crippen molar-refractivity contribution < 1.29 is 14.1 Å². The molecule has 0 spiro atoms.